The van der Waals surface area contributed by atoms with E-state index in [1.54, 1.807) is 18.9 Å². The Morgan fingerprint density at radius 1 is 1.15 bits per heavy atom. The minimum Gasteiger partial charge on any atom is -0.493 e. The van der Waals surface area contributed by atoms with Gasteiger partial charge in [-0.3, -0.25) is 4.79 Å². The maximum atomic E-state index is 13.0. The summed E-state index contributed by atoms with van der Waals surface area (Å²) in [6.07, 6.45) is 0. The second kappa shape index (κ2) is 7.44. The van der Waals surface area contributed by atoms with Crippen LogP contribution in [0.15, 0.2) is 53.1 Å². The van der Waals surface area contributed by atoms with Crippen LogP contribution < -0.4 is 9.64 Å². The molecule has 0 aliphatic rings. The molecule has 5 nitrogen and oxygen atoms in total. The van der Waals surface area contributed by atoms with Crippen molar-refractivity contribution in [2.75, 3.05) is 18.6 Å². The third-order valence-corrected chi connectivity index (χ3v) is 4.24. The molecule has 0 spiro atoms. The number of hydrogen-bond donors (Lipinski definition) is 0. The molecule has 0 saturated heterocycles. The lowest BCUT2D eigenvalue weighted by molar-refractivity contribution is 0.0992. The van der Waals surface area contributed by atoms with Gasteiger partial charge in [0, 0.05) is 18.2 Å². The van der Waals surface area contributed by atoms with Crippen molar-refractivity contribution in [2.24, 2.45) is 0 Å². The van der Waals surface area contributed by atoms with Crippen LogP contribution in [0.5, 0.6) is 5.75 Å². The van der Waals surface area contributed by atoms with Crippen molar-refractivity contribution < 1.29 is 14.1 Å². The third kappa shape index (κ3) is 3.33. The number of hydrogen-bond acceptors (Lipinski definition) is 4. The lowest BCUT2D eigenvalue weighted by Crippen LogP contribution is -2.27. The van der Waals surface area contributed by atoms with Gasteiger partial charge in [0.25, 0.3) is 5.91 Å². The highest BCUT2D eigenvalue weighted by Gasteiger charge is 2.21. The smallest absolute Gasteiger partial charge is 0.258 e. The van der Waals surface area contributed by atoms with Crippen LogP contribution in [0.1, 0.15) is 28.7 Å². The van der Waals surface area contributed by atoms with Crippen molar-refractivity contribution in [1.82, 2.24) is 5.16 Å². The highest BCUT2D eigenvalue weighted by molar-refractivity contribution is 6.07. The second-order valence-electron chi connectivity index (χ2n) is 6.05. The summed E-state index contributed by atoms with van der Waals surface area (Å²) in [5, 5.41) is 3.93. The van der Waals surface area contributed by atoms with Crippen LogP contribution in [0.2, 0.25) is 0 Å². The Kier molecular flexibility index (Phi) is 5.07. The zero-order chi connectivity index (χ0) is 18.7. The number of rotatable bonds is 5. The summed E-state index contributed by atoms with van der Waals surface area (Å²) in [4.78, 5) is 14.5. The Balaban J connectivity index is 1.96. The highest BCUT2D eigenvalue weighted by Crippen LogP contribution is 2.31. The number of anilines is 1. The maximum Gasteiger partial charge on any atom is 0.258 e. The number of ether oxygens (including phenoxy) is 1. The van der Waals surface area contributed by atoms with Crippen molar-refractivity contribution in [3.63, 3.8) is 0 Å². The SMILES string of the molecule is CCOc1ccccc1-c1cccc(C(=O)N(C)c2c(C)noc2C)c1. The largest absolute Gasteiger partial charge is 0.493 e. The maximum absolute atomic E-state index is 13.0. The van der Waals surface area contributed by atoms with Crippen LogP contribution in [-0.4, -0.2) is 24.7 Å². The van der Waals surface area contributed by atoms with E-state index in [1.807, 2.05) is 62.4 Å². The van der Waals surface area contributed by atoms with Gasteiger partial charge in [0.15, 0.2) is 5.76 Å². The fourth-order valence-electron chi connectivity index (χ4n) is 3.06. The van der Waals surface area contributed by atoms with Crippen LogP contribution in [0, 0.1) is 13.8 Å². The predicted octanol–water partition coefficient (Wildman–Crippen LogP) is 4.63. The molecule has 5 heteroatoms. The van der Waals surface area contributed by atoms with Gasteiger partial charge < -0.3 is 14.2 Å². The molecule has 0 N–H and O–H groups in total. The first kappa shape index (κ1) is 17.7. The standard InChI is InChI=1S/C21H22N2O3/c1-5-25-19-12-7-6-11-18(19)16-9-8-10-17(13-16)21(24)23(4)20-14(2)22-26-15(20)3/h6-13H,5H2,1-4H3. The van der Waals surface area contributed by atoms with Crippen LogP contribution >= 0.6 is 0 Å². The topological polar surface area (TPSA) is 55.6 Å². The molecule has 0 atom stereocenters. The normalized spacial score (nSPS) is 10.6. The van der Waals surface area contributed by atoms with Crippen LogP contribution in [0.25, 0.3) is 11.1 Å². The van der Waals surface area contributed by atoms with Crippen LogP contribution in [0.4, 0.5) is 5.69 Å². The third-order valence-electron chi connectivity index (χ3n) is 4.24. The van der Waals surface area contributed by atoms with Gasteiger partial charge in [-0.05, 0) is 44.5 Å². The Bertz CT molecular complexity index is 911. The molecular formula is C21H22N2O3. The molecule has 3 aromatic rings. The second-order valence-corrected chi connectivity index (χ2v) is 6.05. The highest BCUT2D eigenvalue weighted by atomic mass is 16.5. The average Bonchev–Trinajstić information content (AvgIpc) is 3.00. The van der Waals surface area contributed by atoms with Crippen molar-refractivity contribution >= 4 is 11.6 Å². The van der Waals surface area contributed by atoms with Gasteiger partial charge in [0.1, 0.15) is 17.1 Å². The first-order valence-corrected chi connectivity index (χ1v) is 8.56. The zero-order valence-electron chi connectivity index (χ0n) is 15.4. The number of benzene rings is 2. The molecule has 0 aliphatic carbocycles. The summed E-state index contributed by atoms with van der Waals surface area (Å²) < 4.78 is 10.9. The Hall–Kier alpha value is -3.08. The average molecular weight is 350 g/mol. The molecule has 26 heavy (non-hydrogen) atoms. The molecule has 0 saturated carbocycles. The number of para-hydroxylation sites is 1. The van der Waals surface area contributed by atoms with Gasteiger partial charge in [-0.1, -0.05) is 35.5 Å². The summed E-state index contributed by atoms with van der Waals surface area (Å²) in [5.74, 6) is 1.31. The summed E-state index contributed by atoms with van der Waals surface area (Å²) in [6.45, 7) is 6.16. The number of nitrogens with zero attached hydrogens (tertiary/aromatic N) is 2. The first-order valence-electron chi connectivity index (χ1n) is 8.56. The van der Waals surface area contributed by atoms with E-state index >= 15 is 0 Å². The molecular weight excluding hydrogens is 328 g/mol. The lowest BCUT2D eigenvalue weighted by atomic mass is 10.0. The first-order chi connectivity index (χ1) is 12.5. The molecule has 1 aromatic heterocycles. The van der Waals surface area contributed by atoms with E-state index in [1.165, 1.54) is 0 Å². The van der Waals surface area contributed by atoms with Gasteiger partial charge in [0.05, 0.1) is 6.61 Å². The van der Waals surface area contributed by atoms with E-state index in [-0.39, 0.29) is 5.91 Å². The molecule has 0 unspecified atom stereocenters. The summed E-state index contributed by atoms with van der Waals surface area (Å²) in [6, 6.07) is 15.4. The van der Waals surface area contributed by atoms with Crippen LogP contribution in [-0.2, 0) is 0 Å². The van der Waals surface area contributed by atoms with E-state index in [0.29, 0.717) is 29.3 Å². The lowest BCUT2D eigenvalue weighted by Gasteiger charge is -2.17. The molecule has 134 valence electrons. The number of amides is 1. The fraction of sp³-hybridized carbons (Fsp3) is 0.238. The molecule has 2 aromatic carbocycles. The number of carbonyl (C=O) groups excluding carboxylic acids is 1. The summed E-state index contributed by atoms with van der Waals surface area (Å²) >= 11 is 0. The van der Waals surface area contributed by atoms with E-state index in [4.69, 9.17) is 9.26 Å². The van der Waals surface area contributed by atoms with Crippen molar-refractivity contribution in [3.8, 4) is 16.9 Å². The van der Waals surface area contributed by atoms with E-state index in [2.05, 4.69) is 5.16 Å². The van der Waals surface area contributed by atoms with E-state index in [0.717, 1.165) is 16.9 Å². The van der Waals surface area contributed by atoms with Crippen LogP contribution in [0.3, 0.4) is 0 Å². The Morgan fingerprint density at radius 3 is 2.62 bits per heavy atom. The summed E-state index contributed by atoms with van der Waals surface area (Å²) in [5.41, 5.74) is 3.89. The molecule has 0 aliphatic heterocycles. The molecule has 3 rings (SSSR count). The Labute approximate surface area is 153 Å². The molecule has 0 fully saturated rings. The molecule has 0 bridgehead atoms. The Morgan fingerprint density at radius 2 is 1.92 bits per heavy atom. The molecule has 0 radical (unpaired) electrons. The quantitative estimate of drug-likeness (QED) is 0.673. The van der Waals surface area contributed by atoms with Gasteiger partial charge in [-0.15, -0.1) is 0 Å². The fourth-order valence-corrected chi connectivity index (χ4v) is 3.06. The van der Waals surface area contributed by atoms with Crippen molar-refractivity contribution in [1.29, 1.82) is 0 Å². The number of aryl methyl sites for hydroxylation is 2. The number of aromatic nitrogens is 1. The number of carbonyl (C=O) groups is 1. The zero-order valence-corrected chi connectivity index (χ0v) is 15.4. The molecule has 1 heterocycles. The van der Waals surface area contributed by atoms with Crippen molar-refractivity contribution in [2.45, 2.75) is 20.8 Å². The van der Waals surface area contributed by atoms with E-state index < -0.39 is 0 Å². The van der Waals surface area contributed by atoms with E-state index in [9.17, 15) is 4.79 Å². The monoisotopic (exact) mass is 350 g/mol. The van der Waals surface area contributed by atoms with Gasteiger partial charge in [0.2, 0.25) is 0 Å². The molecule has 1 amide bonds. The van der Waals surface area contributed by atoms with Crippen molar-refractivity contribution in [3.05, 3.63) is 65.5 Å². The minimum atomic E-state index is -0.116. The minimum absolute atomic E-state index is 0.116. The summed E-state index contributed by atoms with van der Waals surface area (Å²) in [7, 11) is 1.73. The van der Waals surface area contributed by atoms with Gasteiger partial charge in [-0.2, -0.15) is 0 Å². The van der Waals surface area contributed by atoms with Gasteiger partial charge >= 0.3 is 0 Å². The van der Waals surface area contributed by atoms with Gasteiger partial charge in [-0.25, -0.2) is 0 Å². The predicted molar refractivity (Wildman–Crippen MR) is 102 cm³/mol.